The molecule has 0 unspecified atom stereocenters. The fraction of sp³-hybridized carbons (Fsp3) is 0.500. The number of fused-ring (bicyclic) bond motifs is 1. The van der Waals surface area contributed by atoms with Crippen molar-refractivity contribution >= 4 is 22.7 Å². The summed E-state index contributed by atoms with van der Waals surface area (Å²) in [5.74, 6) is 2.14. The minimum absolute atomic E-state index is 0.538. The quantitative estimate of drug-likeness (QED) is 0.710. The molecule has 1 aliphatic heterocycles. The van der Waals surface area contributed by atoms with Gasteiger partial charge >= 0.3 is 0 Å². The molecule has 0 spiro atoms. The van der Waals surface area contributed by atoms with Crippen molar-refractivity contribution in [1.29, 1.82) is 0 Å². The molecule has 140 valence electrons. The zero-order chi connectivity index (χ0) is 18.4. The largest absolute Gasteiger partial charge is 0.355 e. The van der Waals surface area contributed by atoms with Crippen LogP contribution in [-0.4, -0.2) is 49.7 Å². The summed E-state index contributed by atoms with van der Waals surface area (Å²) >= 11 is 0. The van der Waals surface area contributed by atoms with Crippen LogP contribution in [0.4, 0.5) is 11.6 Å². The Hall–Kier alpha value is -2.70. The second kappa shape index (κ2) is 6.48. The number of aromatic nitrogens is 5. The maximum atomic E-state index is 4.64. The van der Waals surface area contributed by atoms with Gasteiger partial charge < -0.3 is 14.4 Å². The maximum Gasteiger partial charge on any atom is 0.156 e. The van der Waals surface area contributed by atoms with Crippen LogP contribution in [0.1, 0.15) is 31.4 Å². The number of hydrogen-bond donors (Lipinski definition) is 0. The molecule has 7 heteroatoms. The second-order valence-electron chi connectivity index (χ2n) is 7.70. The summed E-state index contributed by atoms with van der Waals surface area (Å²) < 4.78 is 2.20. The molecule has 0 amide bonds. The van der Waals surface area contributed by atoms with Gasteiger partial charge in [0.1, 0.15) is 24.0 Å². The van der Waals surface area contributed by atoms with Crippen LogP contribution in [0.15, 0.2) is 31.0 Å². The van der Waals surface area contributed by atoms with Crippen molar-refractivity contribution in [3.05, 3.63) is 36.7 Å². The number of anilines is 2. The van der Waals surface area contributed by atoms with E-state index in [4.69, 9.17) is 0 Å². The van der Waals surface area contributed by atoms with Gasteiger partial charge in [0, 0.05) is 44.1 Å². The van der Waals surface area contributed by atoms with Gasteiger partial charge in [-0.25, -0.2) is 19.9 Å². The Bertz CT molecular complexity index is 940. The van der Waals surface area contributed by atoms with Crippen molar-refractivity contribution in [2.45, 2.75) is 44.7 Å². The van der Waals surface area contributed by atoms with Crippen LogP contribution < -0.4 is 9.80 Å². The third kappa shape index (κ3) is 2.91. The number of piperidine rings is 1. The molecule has 1 aliphatic carbocycles. The Balaban J connectivity index is 1.37. The number of aryl methyl sites for hydroxylation is 2. The van der Waals surface area contributed by atoms with Crippen LogP contribution >= 0.6 is 0 Å². The van der Waals surface area contributed by atoms with Gasteiger partial charge in [-0.15, -0.1) is 0 Å². The van der Waals surface area contributed by atoms with E-state index in [1.807, 2.05) is 12.3 Å². The molecule has 5 rings (SSSR count). The van der Waals surface area contributed by atoms with Crippen LogP contribution in [-0.2, 0) is 7.05 Å². The number of hydrogen-bond acceptors (Lipinski definition) is 6. The van der Waals surface area contributed by atoms with Crippen molar-refractivity contribution in [3.8, 4) is 0 Å². The summed E-state index contributed by atoms with van der Waals surface area (Å²) in [7, 11) is 2.10. The van der Waals surface area contributed by atoms with E-state index >= 15 is 0 Å². The molecule has 1 saturated heterocycles. The molecule has 3 aromatic heterocycles. The average Bonchev–Trinajstić information content (AvgIpc) is 3.49. The minimum atomic E-state index is 0.538. The van der Waals surface area contributed by atoms with Gasteiger partial charge in [0.15, 0.2) is 5.82 Å². The molecule has 0 bridgehead atoms. The Morgan fingerprint density at radius 3 is 2.48 bits per heavy atom. The molecule has 0 aromatic carbocycles. The molecule has 1 saturated carbocycles. The summed E-state index contributed by atoms with van der Waals surface area (Å²) in [6, 6.07) is 5.37. The SMILES string of the molecule is Cc1cc2ncnc(N3CCC(N(c4ccncn4)C4CC4)CC3)c2n1C. The van der Waals surface area contributed by atoms with Crippen molar-refractivity contribution in [2.75, 3.05) is 22.9 Å². The highest BCUT2D eigenvalue weighted by atomic mass is 15.3. The molecule has 4 heterocycles. The van der Waals surface area contributed by atoms with E-state index in [1.54, 1.807) is 12.7 Å². The van der Waals surface area contributed by atoms with Gasteiger partial charge in [0.2, 0.25) is 0 Å². The summed E-state index contributed by atoms with van der Waals surface area (Å²) in [6.45, 7) is 4.14. The van der Waals surface area contributed by atoms with E-state index in [1.165, 1.54) is 18.5 Å². The van der Waals surface area contributed by atoms with E-state index < -0.39 is 0 Å². The lowest BCUT2D eigenvalue weighted by Gasteiger charge is -2.40. The highest BCUT2D eigenvalue weighted by molar-refractivity contribution is 5.87. The lowest BCUT2D eigenvalue weighted by atomic mass is 10.0. The second-order valence-corrected chi connectivity index (χ2v) is 7.70. The zero-order valence-corrected chi connectivity index (χ0v) is 15.9. The fourth-order valence-electron chi connectivity index (χ4n) is 4.33. The first-order valence-electron chi connectivity index (χ1n) is 9.78. The predicted octanol–water partition coefficient (Wildman–Crippen LogP) is 2.70. The van der Waals surface area contributed by atoms with Gasteiger partial charge in [-0.2, -0.15) is 0 Å². The van der Waals surface area contributed by atoms with Crippen molar-refractivity contribution in [1.82, 2.24) is 24.5 Å². The van der Waals surface area contributed by atoms with Crippen LogP contribution in [0.3, 0.4) is 0 Å². The first-order chi connectivity index (χ1) is 13.2. The van der Waals surface area contributed by atoms with Gasteiger partial charge in [-0.1, -0.05) is 0 Å². The molecular weight excluding hydrogens is 338 g/mol. The van der Waals surface area contributed by atoms with Gasteiger partial charge in [0.25, 0.3) is 0 Å². The first kappa shape index (κ1) is 16.5. The minimum Gasteiger partial charge on any atom is -0.355 e. The third-order valence-electron chi connectivity index (χ3n) is 5.97. The molecular formula is C20H25N7. The molecule has 0 radical (unpaired) electrons. The Morgan fingerprint density at radius 1 is 1.00 bits per heavy atom. The van der Waals surface area contributed by atoms with E-state index in [9.17, 15) is 0 Å². The van der Waals surface area contributed by atoms with Crippen LogP contribution in [0.5, 0.6) is 0 Å². The van der Waals surface area contributed by atoms with Gasteiger partial charge in [-0.3, -0.25) is 0 Å². The van der Waals surface area contributed by atoms with Crippen LogP contribution in [0.25, 0.3) is 11.0 Å². The molecule has 0 atom stereocenters. The molecule has 2 fully saturated rings. The van der Waals surface area contributed by atoms with E-state index in [-0.39, 0.29) is 0 Å². The monoisotopic (exact) mass is 363 g/mol. The zero-order valence-electron chi connectivity index (χ0n) is 15.9. The van der Waals surface area contributed by atoms with Crippen LogP contribution in [0, 0.1) is 6.92 Å². The summed E-state index contributed by atoms with van der Waals surface area (Å²) in [4.78, 5) is 22.7. The molecule has 27 heavy (non-hydrogen) atoms. The fourth-order valence-corrected chi connectivity index (χ4v) is 4.33. The van der Waals surface area contributed by atoms with Gasteiger partial charge in [-0.05, 0) is 44.7 Å². The highest BCUT2D eigenvalue weighted by Crippen LogP contribution is 2.36. The molecule has 2 aliphatic rings. The average molecular weight is 363 g/mol. The standard InChI is InChI=1S/C20H25N7/c1-14-11-17-19(25(14)2)20(24-13-22-17)26-9-6-16(7-10-26)27(15-3-4-15)18-5-8-21-12-23-18/h5,8,11-13,15-16H,3-4,6-7,9-10H2,1-2H3. The Morgan fingerprint density at radius 2 is 1.78 bits per heavy atom. The third-order valence-corrected chi connectivity index (χ3v) is 5.97. The Kier molecular flexibility index (Phi) is 3.95. The topological polar surface area (TPSA) is 63.0 Å². The van der Waals surface area contributed by atoms with Gasteiger partial charge in [0.05, 0.1) is 5.52 Å². The summed E-state index contributed by atoms with van der Waals surface area (Å²) in [6.07, 6.45) is 10.0. The van der Waals surface area contributed by atoms with E-state index in [2.05, 4.69) is 54.3 Å². The lowest BCUT2D eigenvalue weighted by molar-refractivity contribution is 0.457. The highest BCUT2D eigenvalue weighted by Gasteiger charge is 2.36. The van der Waals surface area contributed by atoms with Crippen LogP contribution in [0.2, 0.25) is 0 Å². The predicted molar refractivity (Wildman–Crippen MR) is 106 cm³/mol. The summed E-state index contributed by atoms with van der Waals surface area (Å²) in [5.41, 5.74) is 3.39. The van der Waals surface area contributed by atoms with E-state index in [0.717, 1.165) is 48.6 Å². The molecule has 0 N–H and O–H groups in total. The molecule has 7 nitrogen and oxygen atoms in total. The number of rotatable bonds is 4. The van der Waals surface area contributed by atoms with E-state index in [0.29, 0.717) is 12.1 Å². The normalized spacial score (nSPS) is 18.2. The summed E-state index contributed by atoms with van der Waals surface area (Å²) in [5, 5.41) is 0. The smallest absolute Gasteiger partial charge is 0.156 e. The maximum absolute atomic E-state index is 4.64. The molecule has 3 aromatic rings. The lowest BCUT2D eigenvalue weighted by Crippen LogP contribution is -2.46. The van der Waals surface area contributed by atoms with Crippen molar-refractivity contribution < 1.29 is 0 Å². The van der Waals surface area contributed by atoms with Crippen molar-refractivity contribution in [3.63, 3.8) is 0 Å². The first-order valence-corrected chi connectivity index (χ1v) is 9.78. The number of nitrogens with zero attached hydrogens (tertiary/aromatic N) is 7. The van der Waals surface area contributed by atoms with Crippen molar-refractivity contribution in [2.24, 2.45) is 7.05 Å². The Labute approximate surface area is 159 Å².